The van der Waals surface area contributed by atoms with Gasteiger partial charge in [0, 0.05) is 16.2 Å². The number of aryl methyl sites for hydroxylation is 2. The van der Waals surface area contributed by atoms with Crippen molar-refractivity contribution in [1.82, 2.24) is 4.98 Å². The molecular formula is C16H14N2OS. The zero-order valence-corrected chi connectivity index (χ0v) is 12.4. The van der Waals surface area contributed by atoms with Gasteiger partial charge in [-0.3, -0.25) is 4.79 Å². The van der Waals surface area contributed by atoms with Crippen LogP contribution >= 0.6 is 11.8 Å². The van der Waals surface area contributed by atoms with E-state index in [1.165, 1.54) is 18.7 Å². The van der Waals surface area contributed by atoms with Crippen molar-refractivity contribution in [2.75, 3.05) is 0 Å². The normalized spacial score (nSPS) is 10.1. The Morgan fingerprint density at radius 2 is 2.00 bits per heavy atom. The molecule has 3 nitrogen and oxygen atoms in total. The number of hydrogen-bond acceptors (Lipinski definition) is 4. The molecule has 0 radical (unpaired) electrons. The van der Waals surface area contributed by atoms with Crippen molar-refractivity contribution >= 4 is 17.5 Å². The van der Waals surface area contributed by atoms with Gasteiger partial charge in [0.15, 0.2) is 5.78 Å². The van der Waals surface area contributed by atoms with E-state index in [4.69, 9.17) is 5.26 Å². The SMILES string of the molecule is CC(=O)c1ccc(C#N)cc1Sc1cc(C)cc(C)n1. The molecule has 2 rings (SSSR count). The van der Waals surface area contributed by atoms with E-state index in [0.29, 0.717) is 11.1 Å². The van der Waals surface area contributed by atoms with Gasteiger partial charge in [0.05, 0.1) is 11.6 Å². The highest BCUT2D eigenvalue weighted by Gasteiger charge is 2.11. The summed E-state index contributed by atoms with van der Waals surface area (Å²) in [4.78, 5) is 16.9. The fraction of sp³-hybridized carbons (Fsp3) is 0.188. The fourth-order valence-corrected chi connectivity index (χ4v) is 3.10. The molecule has 100 valence electrons. The number of Topliss-reactive ketones (excluding diaryl/α,β-unsaturated/α-hetero) is 1. The molecule has 1 heterocycles. The molecule has 0 spiro atoms. The summed E-state index contributed by atoms with van der Waals surface area (Å²) in [6.07, 6.45) is 0. The predicted octanol–water partition coefficient (Wildman–Crippen LogP) is 3.92. The standard InChI is InChI=1S/C16H14N2OS/c1-10-6-11(2)18-16(7-10)20-15-8-13(9-17)4-5-14(15)12(3)19/h4-8H,1-3H3. The lowest BCUT2D eigenvalue weighted by Crippen LogP contribution is -1.96. The van der Waals surface area contributed by atoms with E-state index in [1.54, 1.807) is 18.2 Å². The number of rotatable bonds is 3. The van der Waals surface area contributed by atoms with Gasteiger partial charge >= 0.3 is 0 Å². The van der Waals surface area contributed by atoms with Gasteiger partial charge in [0.1, 0.15) is 5.03 Å². The smallest absolute Gasteiger partial charge is 0.160 e. The largest absolute Gasteiger partial charge is 0.294 e. The zero-order valence-electron chi connectivity index (χ0n) is 11.6. The summed E-state index contributed by atoms with van der Waals surface area (Å²) in [5.74, 6) is -0.0126. The van der Waals surface area contributed by atoms with Crippen LogP contribution in [0.2, 0.25) is 0 Å². The lowest BCUT2D eigenvalue weighted by Gasteiger charge is -2.08. The van der Waals surface area contributed by atoms with E-state index in [2.05, 4.69) is 11.1 Å². The maximum absolute atomic E-state index is 11.7. The molecular weight excluding hydrogens is 268 g/mol. The van der Waals surface area contributed by atoms with Crippen molar-refractivity contribution in [3.63, 3.8) is 0 Å². The summed E-state index contributed by atoms with van der Waals surface area (Å²) < 4.78 is 0. The molecule has 0 N–H and O–H groups in total. The summed E-state index contributed by atoms with van der Waals surface area (Å²) in [6.45, 7) is 5.48. The number of carbonyl (C=O) groups is 1. The highest BCUT2D eigenvalue weighted by molar-refractivity contribution is 7.99. The van der Waals surface area contributed by atoms with Gasteiger partial charge in [-0.25, -0.2) is 4.98 Å². The van der Waals surface area contributed by atoms with Crippen LogP contribution in [0.5, 0.6) is 0 Å². The average Bonchev–Trinajstić information content (AvgIpc) is 2.37. The van der Waals surface area contributed by atoms with Crippen molar-refractivity contribution in [1.29, 1.82) is 5.26 Å². The molecule has 1 aromatic carbocycles. The summed E-state index contributed by atoms with van der Waals surface area (Å²) in [6, 6.07) is 11.2. The lowest BCUT2D eigenvalue weighted by atomic mass is 10.1. The molecule has 0 amide bonds. The second-order valence-corrected chi connectivity index (χ2v) is 5.67. The quantitative estimate of drug-likeness (QED) is 0.800. The van der Waals surface area contributed by atoms with Crippen molar-refractivity contribution in [3.05, 3.63) is 52.7 Å². The Labute approximate surface area is 122 Å². The molecule has 0 saturated carbocycles. The van der Waals surface area contributed by atoms with Gasteiger partial charge in [-0.15, -0.1) is 0 Å². The Balaban J connectivity index is 2.46. The molecule has 0 atom stereocenters. The first-order chi connectivity index (χ1) is 9.49. The zero-order chi connectivity index (χ0) is 14.7. The highest BCUT2D eigenvalue weighted by Crippen LogP contribution is 2.31. The molecule has 0 fully saturated rings. The van der Waals surface area contributed by atoms with Crippen LogP contribution in [0.25, 0.3) is 0 Å². The molecule has 0 aliphatic rings. The number of benzene rings is 1. The summed E-state index contributed by atoms with van der Waals surface area (Å²) in [7, 11) is 0. The second-order valence-electron chi connectivity index (χ2n) is 4.61. The van der Waals surface area contributed by atoms with Crippen LogP contribution in [-0.2, 0) is 0 Å². The van der Waals surface area contributed by atoms with Gasteiger partial charge in [-0.05, 0) is 56.7 Å². The lowest BCUT2D eigenvalue weighted by molar-refractivity contribution is 0.101. The number of aromatic nitrogens is 1. The summed E-state index contributed by atoms with van der Waals surface area (Å²) in [5, 5.41) is 9.82. The van der Waals surface area contributed by atoms with Crippen LogP contribution in [0.1, 0.15) is 34.1 Å². The van der Waals surface area contributed by atoms with Crippen LogP contribution in [0.3, 0.4) is 0 Å². The van der Waals surface area contributed by atoms with Gasteiger partial charge in [-0.1, -0.05) is 11.8 Å². The van der Waals surface area contributed by atoms with E-state index in [1.807, 2.05) is 26.0 Å². The summed E-state index contributed by atoms with van der Waals surface area (Å²) in [5.41, 5.74) is 3.23. The Kier molecular flexibility index (Phi) is 4.21. The van der Waals surface area contributed by atoms with E-state index in [-0.39, 0.29) is 5.78 Å². The maximum Gasteiger partial charge on any atom is 0.160 e. The Morgan fingerprint density at radius 3 is 2.60 bits per heavy atom. The first-order valence-electron chi connectivity index (χ1n) is 6.18. The number of nitrogens with zero attached hydrogens (tertiary/aromatic N) is 2. The Bertz CT molecular complexity index is 697. The van der Waals surface area contributed by atoms with Crippen molar-refractivity contribution < 1.29 is 4.79 Å². The minimum atomic E-state index is -0.0126. The van der Waals surface area contributed by atoms with Crippen molar-refractivity contribution in [3.8, 4) is 6.07 Å². The Hall–Kier alpha value is -2.12. The highest BCUT2D eigenvalue weighted by atomic mass is 32.2. The van der Waals surface area contributed by atoms with Gasteiger partial charge in [0.25, 0.3) is 0 Å². The fourth-order valence-electron chi connectivity index (χ4n) is 1.94. The van der Waals surface area contributed by atoms with Gasteiger partial charge in [-0.2, -0.15) is 5.26 Å². The third-order valence-electron chi connectivity index (χ3n) is 2.78. The van der Waals surface area contributed by atoms with E-state index in [9.17, 15) is 4.79 Å². The molecule has 4 heteroatoms. The summed E-state index contributed by atoms with van der Waals surface area (Å²) >= 11 is 1.42. The van der Waals surface area contributed by atoms with E-state index >= 15 is 0 Å². The molecule has 20 heavy (non-hydrogen) atoms. The molecule has 2 aromatic rings. The molecule has 0 saturated heterocycles. The average molecular weight is 282 g/mol. The van der Waals surface area contributed by atoms with Gasteiger partial charge in [0.2, 0.25) is 0 Å². The number of hydrogen-bond donors (Lipinski definition) is 0. The van der Waals surface area contributed by atoms with Gasteiger partial charge < -0.3 is 0 Å². The van der Waals surface area contributed by atoms with Crippen LogP contribution < -0.4 is 0 Å². The predicted molar refractivity (Wildman–Crippen MR) is 79.0 cm³/mol. The molecule has 1 aromatic heterocycles. The van der Waals surface area contributed by atoms with E-state index in [0.717, 1.165) is 21.2 Å². The first-order valence-corrected chi connectivity index (χ1v) is 6.99. The van der Waals surface area contributed by atoms with Crippen LogP contribution in [0.4, 0.5) is 0 Å². The van der Waals surface area contributed by atoms with Crippen molar-refractivity contribution in [2.45, 2.75) is 30.7 Å². The molecule has 0 aliphatic carbocycles. The molecule has 0 unspecified atom stereocenters. The number of nitriles is 1. The van der Waals surface area contributed by atoms with Crippen molar-refractivity contribution in [2.24, 2.45) is 0 Å². The molecule has 0 aliphatic heterocycles. The maximum atomic E-state index is 11.7. The van der Waals surface area contributed by atoms with E-state index < -0.39 is 0 Å². The monoisotopic (exact) mass is 282 g/mol. The second kappa shape index (κ2) is 5.89. The van der Waals surface area contributed by atoms with Crippen LogP contribution in [-0.4, -0.2) is 10.8 Å². The molecule has 0 bridgehead atoms. The third-order valence-corrected chi connectivity index (χ3v) is 3.75. The first kappa shape index (κ1) is 14.3. The minimum Gasteiger partial charge on any atom is -0.294 e. The number of carbonyl (C=O) groups excluding carboxylic acids is 1. The minimum absolute atomic E-state index is 0.0126. The number of ketones is 1. The van der Waals surface area contributed by atoms with Crippen LogP contribution in [0.15, 0.2) is 40.3 Å². The Morgan fingerprint density at radius 1 is 1.25 bits per heavy atom. The third kappa shape index (κ3) is 3.25. The number of pyridine rings is 1. The topological polar surface area (TPSA) is 53.8 Å². The van der Waals surface area contributed by atoms with Crippen LogP contribution in [0, 0.1) is 25.2 Å².